The monoisotopic (exact) mass is 996 g/mol. The SMILES string of the molecule is C#CCCCCO[C@@H]1/C(C)=C/[C@@H](C)[C@H](O)C[C@@H]([C@H](C)C[C@@H]2CC[C@@H](O)[C@H](OC)C2)OC(=O)[C@@H]2CCCCN2C(=O)C(=O)[C@]2(O)O[C@@H](CC[C@H]2C)C[C@H](OC)/C(C)=C/C=C/C=C/[C@@H](C)C[C@@H](C)C(=O)[C@@H]1OC. The lowest BCUT2D eigenvalue weighted by Crippen LogP contribution is -2.61. The van der Waals surface area contributed by atoms with E-state index in [1.165, 1.54) is 12.0 Å². The van der Waals surface area contributed by atoms with Crippen LogP contribution in [0, 0.1) is 47.9 Å². The Morgan fingerprint density at radius 1 is 0.845 bits per heavy atom. The number of hydrogen-bond donors (Lipinski definition) is 3. The van der Waals surface area contributed by atoms with Gasteiger partial charge in [-0.15, -0.1) is 12.3 Å². The molecule has 16 atom stereocenters. The number of methoxy groups -OCH3 is 3. The van der Waals surface area contributed by atoms with Crippen LogP contribution in [0.25, 0.3) is 0 Å². The molecular weight excluding hydrogens is 907 g/mol. The molecular formula is C57H89NO13. The Bertz CT molecular complexity index is 1890. The zero-order chi connectivity index (χ0) is 52.4. The number of terminal acetylenes is 1. The fraction of sp³-hybridized carbons (Fsp3) is 0.754. The number of hydrogen-bond acceptors (Lipinski definition) is 13. The molecule has 14 heteroatoms. The minimum Gasteiger partial charge on any atom is -0.460 e. The van der Waals surface area contributed by atoms with E-state index in [4.69, 9.17) is 34.8 Å². The quantitative estimate of drug-likeness (QED) is 0.0599. The lowest BCUT2D eigenvalue weighted by Gasteiger charge is -2.43. The van der Waals surface area contributed by atoms with Crippen LogP contribution >= 0.6 is 0 Å². The van der Waals surface area contributed by atoms with Crippen molar-refractivity contribution in [2.45, 2.75) is 205 Å². The maximum atomic E-state index is 14.6. The maximum Gasteiger partial charge on any atom is 0.329 e. The number of Topliss-reactive ketones (excluding diaryl/α,β-unsaturated/α-hetero) is 2. The summed E-state index contributed by atoms with van der Waals surface area (Å²) in [7, 11) is 4.69. The molecule has 0 aromatic heterocycles. The van der Waals surface area contributed by atoms with Gasteiger partial charge in [0.25, 0.3) is 11.7 Å². The molecule has 71 heavy (non-hydrogen) atoms. The molecule has 0 aromatic carbocycles. The highest BCUT2D eigenvalue weighted by Gasteiger charge is 2.53. The summed E-state index contributed by atoms with van der Waals surface area (Å²) in [5, 5.41) is 34.7. The Morgan fingerprint density at radius 3 is 2.28 bits per heavy atom. The van der Waals surface area contributed by atoms with Crippen molar-refractivity contribution >= 4 is 23.4 Å². The number of allylic oxidation sites excluding steroid dienone is 5. The van der Waals surface area contributed by atoms with Gasteiger partial charge in [-0.25, -0.2) is 4.79 Å². The molecule has 4 rings (SSSR count). The lowest BCUT2D eigenvalue weighted by atomic mass is 9.78. The summed E-state index contributed by atoms with van der Waals surface area (Å²) in [5.74, 6) is -4.29. The Morgan fingerprint density at radius 2 is 1.59 bits per heavy atom. The topological polar surface area (TPSA) is 188 Å². The molecule has 2 bridgehead atoms. The Balaban J connectivity index is 1.75. The Kier molecular flexibility index (Phi) is 24.9. The zero-order valence-electron chi connectivity index (χ0n) is 44.6. The van der Waals surface area contributed by atoms with E-state index in [0.717, 1.165) is 18.4 Å². The van der Waals surface area contributed by atoms with Gasteiger partial charge in [0.1, 0.15) is 24.4 Å². The molecule has 0 spiro atoms. The van der Waals surface area contributed by atoms with Gasteiger partial charge in [0.2, 0.25) is 5.79 Å². The van der Waals surface area contributed by atoms with E-state index >= 15 is 0 Å². The molecule has 3 heterocycles. The van der Waals surface area contributed by atoms with Crippen LogP contribution in [0.4, 0.5) is 0 Å². The summed E-state index contributed by atoms with van der Waals surface area (Å²) in [6.07, 6.45) is 19.7. The van der Waals surface area contributed by atoms with Gasteiger partial charge < -0.3 is 48.6 Å². The molecule has 0 aromatic rings. The van der Waals surface area contributed by atoms with Gasteiger partial charge in [-0.1, -0.05) is 71.1 Å². The molecule has 3 N–H and O–H groups in total. The molecule has 0 unspecified atom stereocenters. The van der Waals surface area contributed by atoms with E-state index in [0.29, 0.717) is 82.8 Å². The number of unbranched alkanes of at least 4 members (excludes halogenated alkanes) is 2. The third-order valence-corrected chi connectivity index (χ3v) is 15.6. The van der Waals surface area contributed by atoms with E-state index in [1.807, 2.05) is 71.1 Å². The number of piperidine rings is 1. The minimum atomic E-state index is -2.42. The van der Waals surface area contributed by atoms with Gasteiger partial charge in [0.15, 0.2) is 5.78 Å². The largest absolute Gasteiger partial charge is 0.460 e. The molecule has 1 amide bonds. The first kappa shape index (κ1) is 60.0. The molecule has 3 aliphatic heterocycles. The van der Waals surface area contributed by atoms with Crippen LogP contribution in [0.5, 0.6) is 0 Å². The predicted molar refractivity (Wildman–Crippen MR) is 273 cm³/mol. The second-order valence-corrected chi connectivity index (χ2v) is 21.3. The van der Waals surface area contributed by atoms with Crippen molar-refractivity contribution in [2.24, 2.45) is 35.5 Å². The highest BCUT2D eigenvalue weighted by Crippen LogP contribution is 2.38. The van der Waals surface area contributed by atoms with Crippen molar-refractivity contribution in [1.82, 2.24) is 4.90 Å². The van der Waals surface area contributed by atoms with Gasteiger partial charge in [-0.05, 0) is 120 Å². The predicted octanol–water partition coefficient (Wildman–Crippen LogP) is 7.80. The first-order chi connectivity index (χ1) is 33.8. The van der Waals surface area contributed by atoms with Gasteiger partial charge in [0.05, 0.1) is 30.5 Å². The van der Waals surface area contributed by atoms with Gasteiger partial charge in [-0.3, -0.25) is 14.4 Å². The van der Waals surface area contributed by atoms with E-state index in [2.05, 4.69) is 12.8 Å². The number of ketones is 2. The second-order valence-electron chi connectivity index (χ2n) is 21.3. The first-order valence-electron chi connectivity index (χ1n) is 26.5. The molecule has 1 saturated carbocycles. The van der Waals surface area contributed by atoms with E-state index < -0.39 is 84.1 Å². The molecule has 0 radical (unpaired) electrons. The number of esters is 1. The van der Waals surface area contributed by atoms with Gasteiger partial charge >= 0.3 is 5.97 Å². The van der Waals surface area contributed by atoms with Crippen molar-refractivity contribution in [3.05, 3.63) is 47.6 Å². The van der Waals surface area contributed by atoms with Crippen LogP contribution in [0.3, 0.4) is 0 Å². The summed E-state index contributed by atoms with van der Waals surface area (Å²) in [6, 6.07) is -1.11. The molecule has 4 aliphatic rings. The van der Waals surface area contributed by atoms with E-state index in [9.17, 15) is 34.5 Å². The molecule has 14 nitrogen and oxygen atoms in total. The highest BCUT2D eigenvalue weighted by molar-refractivity contribution is 6.39. The number of aliphatic hydroxyl groups excluding tert-OH is 2. The zero-order valence-corrected chi connectivity index (χ0v) is 44.6. The van der Waals surface area contributed by atoms with E-state index in [-0.39, 0.29) is 54.9 Å². The van der Waals surface area contributed by atoms with Crippen molar-refractivity contribution in [1.29, 1.82) is 0 Å². The Hall–Kier alpha value is -3.52. The molecule has 3 fully saturated rings. The number of ether oxygens (including phenoxy) is 6. The standard InChI is InChI=1S/C57H89NO13/c1-12-13-14-20-29-69-52-41(7)31-38(4)47(60)35-49(39(5)32-43-25-27-46(59)50(33-43)67-10)70-56(64)45-23-18-19-28-58(45)55(63)54(62)57(65)42(8)24-26-44(71-57)34-48(66-9)37(3)22-17-15-16-21-36(2)30-40(6)51(61)53(52)68-11/h1,15-17,21-22,31,36,38-40,42-50,52-53,59-60,65H,13-14,18-20,23-30,32-35H2,2-11H3/b17-15+,21-16+,37-22+,41-31+/t36-,38-,39-,40-,42-,43+,44+,45+,46-,47-,48+,49+,50-,52-,53+,57-/m1/s1. The summed E-state index contributed by atoms with van der Waals surface area (Å²) < 4.78 is 36.5. The summed E-state index contributed by atoms with van der Waals surface area (Å²) in [6.45, 7) is 13.8. The van der Waals surface area contributed by atoms with Gasteiger partial charge in [-0.2, -0.15) is 0 Å². The smallest absolute Gasteiger partial charge is 0.329 e. The normalized spacial score (nSPS) is 38.9. The number of fused-ring (bicyclic) bond motifs is 3. The van der Waals surface area contributed by atoms with Crippen molar-refractivity contribution < 1.29 is 62.9 Å². The van der Waals surface area contributed by atoms with Gasteiger partial charge in [0, 0.05) is 71.5 Å². The average molecular weight is 996 g/mol. The lowest BCUT2D eigenvalue weighted by molar-refractivity contribution is -0.265. The number of amides is 1. The van der Waals surface area contributed by atoms with Crippen LogP contribution in [-0.2, 0) is 47.6 Å². The number of aliphatic hydroxyl groups is 3. The second kappa shape index (κ2) is 29.4. The summed E-state index contributed by atoms with van der Waals surface area (Å²) in [5.41, 5.74) is 1.60. The average Bonchev–Trinajstić information content (AvgIpc) is 3.35. The van der Waals surface area contributed by atoms with Crippen molar-refractivity contribution in [2.75, 3.05) is 34.5 Å². The number of nitrogens with zero attached hydrogens (tertiary/aromatic N) is 1. The van der Waals surface area contributed by atoms with Crippen LogP contribution < -0.4 is 0 Å². The third-order valence-electron chi connectivity index (χ3n) is 15.6. The van der Waals surface area contributed by atoms with E-state index in [1.54, 1.807) is 21.1 Å². The van der Waals surface area contributed by atoms with Crippen molar-refractivity contribution in [3.8, 4) is 12.3 Å². The number of carbonyl (C=O) groups is 4. The fourth-order valence-electron chi connectivity index (χ4n) is 11.0. The fourth-order valence-corrected chi connectivity index (χ4v) is 11.0. The maximum absolute atomic E-state index is 14.6. The molecule has 2 saturated heterocycles. The summed E-state index contributed by atoms with van der Waals surface area (Å²) in [4.78, 5) is 58.7. The third kappa shape index (κ3) is 17.0. The number of rotatable bonds is 11. The number of carbonyl (C=O) groups excluding carboxylic acids is 4. The van der Waals surface area contributed by atoms with Crippen molar-refractivity contribution in [3.63, 3.8) is 0 Å². The Labute approximate surface area is 425 Å². The first-order valence-corrected chi connectivity index (χ1v) is 26.5. The van der Waals surface area contributed by atoms with Crippen LogP contribution in [-0.4, -0.2) is 139 Å². The van der Waals surface area contributed by atoms with Crippen LogP contribution in [0.15, 0.2) is 47.6 Å². The molecule has 1 aliphatic carbocycles. The van der Waals surface area contributed by atoms with Crippen LogP contribution in [0.2, 0.25) is 0 Å². The summed E-state index contributed by atoms with van der Waals surface area (Å²) >= 11 is 0. The number of cyclic esters (lactones) is 1. The highest BCUT2D eigenvalue weighted by atomic mass is 16.6. The van der Waals surface area contributed by atoms with Crippen LogP contribution in [0.1, 0.15) is 145 Å². The minimum absolute atomic E-state index is 0.0476. The molecule has 400 valence electrons.